The molecule has 2 N–H and O–H groups in total. The van der Waals surface area contributed by atoms with E-state index in [-0.39, 0.29) is 27.8 Å². The quantitative estimate of drug-likeness (QED) is 0.666. The molecule has 0 saturated heterocycles. The van der Waals surface area contributed by atoms with Gasteiger partial charge in [-0.2, -0.15) is 0 Å². The molecule has 1 aromatic carbocycles. The SMILES string of the molecule is CC(N)c1ccc(Oc2cc(F)c(Br)cc2[N+](=O)[O-])nc1. The summed E-state index contributed by atoms with van der Waals surface area (Å²) in [4.78, 5) is 14.3. The van der Waals surface area contributed by atoms with Crippen molar-refractivity contribution in [2.45, 2.75) is 13.0 Å². The van der Waals surface area contributed by atoms with E-state index in [1.54, 1.807) is 13.0 Å². The van der Waals surface area contributed by atoms with E-state index in [0.717, 1.165) is 17.7 Å². The highest BCUT2D eigenvalue weighted by atomic mass is 79.9. The summed E-state index contributed by atoms with van der Waals surface area (Å²) in [7, 11) is 0. The van der Waals surface area contributed by atoms with Gasteiger partial charge in [-0.05, 0) is 28.4 Å². The van der Waals surface area contributed by atoms with Crippen LogP contribution in [0, 0.1) is 15.9 Å². The first-order chi connectivity index (χ1) is 9.88. The highest BCUT2D eigenvalue weighted by Crippen LogP contribution is 2.35. The summed E-state index contributed by atoms with van der Waals surface area (Å²) in [5.41, 5.74) is 6.12. The Morgan fingerprint density at radius 2 is 2.19 bits per heavy atom. The van der Waals surface area contributed by atoms with Crippen molar-refractivity contribution in [3.63, 3.8) is 0 Å². The summed E-state index contributed by atoms with van der Waals surface area (Å²) >= 11 is 2.89. The maximum absolute atomic E-state index is 13.5. The number of ether oxygens (including phenoxy) is 1. The molecule has 0 aliphatic rings. The molecular weight excluding hydrogens is 345 g/mol. The number of benzene rings is 1. The Bertz CT molecular complexity index is 677. The molecule has 0 radical (unpaired) electrons. The van der Waals surface area contributed by atoms with Gasteiger partial charge in [0.1, 0.15) is 5.82 Å². The van der Waals surface area contributed by atoms with E-state index in [4.69, 9.17) is 10.5 Å². The third-order valence-electron chi connectivity index (χ3n) is 2.70. The van der Waals surface area contributed by atoms with Gasteiger partial charge >= 0.3 is 5.69 Å². The minimum Gasteiger partial charge on any atom is -0.432 e. The fraction of sp³-hybridized carbons (Fsp3) is 0.154. The topological polar surface area (TPSA) is 91.3 Å². The number of nitrogens with zero attached hydrogens (tertiary/aromatic N) is 2. The van der Waals surface area contributed by atoms with Crippen molar-refractivity contribution in [2.75, 3.05) is 0 Å². The second kappa shape index (κ2) is 6.15. The van der Waals surface area contributed by atoms with E-state index in [0.29, 0.717) is 0 Å². The third kappa shape index (κ3) is 3.53. The first-order valence-corrected chi connectivity index (χ1v) is 6.70. The Morgan fingerprint density at radius 3 is 2.71 bits per heavy atom. The standard InChI is InChI=1S/C13H11BrFN3O3/c1-7(16)8-2-3-13(17-6-8)21-12-5-10(15)9(14)4-11(12)18(19)20/h2-7H,16H2,1H3. The lowest BCUT2D eigenvalue weighted by Crippen LogP contribution is -2.05. The highest BCUT2D eigenvalue weighted by molar-refractivity contribution is 9.10. The number of hydrogen-bond donors (Lipinski definition) is 1. The lowest BCUT2D eigenvalue weighted by atomic mass is 10.2. The second-order valence-corrected chi connectivity index (χ2v) is 5.17. The molecule has 0 aliphatic heterocycles. The van der Waals surface area contributed by atoms with Crippen LogP contribution < -0.4 is 10.5 Å². The molecule has 1 atom stereocenters. The minimum atomic E-state index is -0.664. The predicted molar refractivity (Wildman–Crippen MR) is 77.7 cm³/mol. The second-order valence-electron chi connectivity index (χ2n) is 4.31. The molecule has 0 bridgehead atoms. The summed E-state index contributed by atoms with van der Waals surface area (Å²) in [5, 5.41) is 11.0. The molecule has 1 aromatic heterocycles. The van der Waals surface area contributed by atoms with Crippen LogP contribution in [0.2, 0.25) is 0 Å². The van der Waals surface area contributed by atoms with Gasteiger partial charge in [0.05, 0.1) is 9.40 Å². The highest BCUT2D eigenvalue weighted by Gasteiger charge is 2.20. The average molecular weight is 356 g/mol. The molecule has 0 fully saturated rings. The van der Waals surface area contributed by atoms with Gasteiger partial charge in [0.25, 0.3) is 0 Å². The Hall–Kier alpha value is -2.06. The zero-order chi connectivity index (χ0) is 15.6. The van der Waals surface area contributed by atoms with Crippen LogP contribution in [0.4, 0.5) is 10.1 Å². The van der Waals surface area contributed by atoms with Crippen molar-refractivity contribution in [3.05, 3.63) is 56.4 Å². The fourth-order valence-electron chi connectivity index (χ4n) is 1.58. The summed E-state index contributed by atoms with van der Waals surface area (Å²) in [5.74, 6) is -0.770. The van der Waals surface area contributed by atoms with Gasteiger partial charge in [-0.25, -0.2) is 9.37 Å². The summed E-state index contributed by atoms with van der Waals surface area (Å²) in [6.45, 7) is 1.80. The number of halogens is 2. The van der Waals surface area contributed by atoms with E-state index in [1.807, 2.05) is 0 Å². The fourth-order valence-corrected chi connectivity index (χ4v) is 1.91. The van der Waals surface area contributed by atoms with Gasteiger partial charge in [0.2, 0.25) is 11.6 Å². The Morgan fingerprint density at radius 1 is 1.48 bits per heavy atom. The molecule has 0 aliphatic carbocycles. The molecule has 6 nitrogen and oxygen atoms in total. The molecule has 2 rings (SSSR count). The van der Waals surface area contributed by atoms with Gasteiger partial charge in [-0.3, -0.25) is 10.1 Å². The average Bonchev–Trinajstić information content (AvgIpc) is 2.43. The first-order valence-electron chi connectivity index (χ1n) is 5.91. The van der Waals surface area contributed by atoms with Crippen LogP contribution in [0.15, 0.2) is 34.9 Å². The Labute approximate surface area is 128 Å². The molecule has 0 spiro atoms. The van der Waals surface area contributed by atoms with E-state index >= 15 is 0 Å². The lowest BCUT2D eigenvalue weighted by Gasteiger charge is -2.08. The predicted octanol–water partition coefficient (Wildman–Crippen LogP) is 3.70. The van der Waals surface area contributed by atoms with Gasteiger partial charge in [-0.15, -0.1) is 0 Å². The molecule has 0 amide bonds. The number of nitrogens with two attached hydrogens (primary N) is 1. The van der Waals surface area contributed by atoms with E-state index < -0.39 is 10.7 Å². The van der Waals surface area contributed by atoms with Gasteiger partial charge in [0, 0.05) is 30.4 Å². The van der Waals surface area contributed by atoms with Crippen molar-refractivity contribution in [1.29, 1.82) is 0 Å². The number of nitro groups is 1. The van der Waals surface area contributed by atoms with Crippen molar-refractivity contribution in [2.24, 2.45) is 5.73 Å². The maximum Gasteiger partial charge on any atom is 0.312 e. The number of rotatable bonds is 4. The van der Waals surface area contributed by atoms with Gasteiger partial charge in [0.15, 0.2) is 0 Å². The third-order valence-corrected chi connectivity index (χ3v) is 3.31. The molecular formula is C13H11BrFN3O3. The molecule has 8 heteroatoms. The zero-order valence-corrected chi connectivity index (χ0v) is 12.5. The van der Waals surface area contributed by atoms with Crippen molar-refractivity contribution >= 4 is 21.6 Å². The minimum absolute atomic E-state index is 0.0122. The first kappa shape index (κ1) is 15.3. The smallest absolute Gasteiger partial charge is 0.312 e. The summed E-state index contributed by atoms with van der Waals surface area (Å²) in [6, 6.07) is 4.99. The van der Waals surface area contributed by atoms with E-state index in [1.165, 1.54) is 12.3 Å². The molecule has 1 unspecified atom stereocenters. The normalized spacial score (nSPS) is 12.0. The number of nitro benzene ring substituents is 1. The van der Waals surface area contributed by atoms with Crippen LogP contribution in [-0.2, 0) is 0 Å². The number of hydrogen-bond acceptors (Lipinski definition) is 5. The van der Waals surface area contributed by atoms with Crippen molar-refractivity contribution in [3.8, 4) is 11.6 Å². The monoisotopic (exact) mass is 355 g/mol. The Kier molecular flexibility index (Phi) is 4.49. The van der Waals surface area contributed by atoms with Crippen molar-refractivity contribution < 1.29 is 14.1 Å². The maximum atomic E-state index is 13.5. The van der Waals surface area contributed by atoms with Gasteiger partial charge in [-0.1, -0.05) is 6.07 Å². The zero-order valence-electron chi connectivity index (χ0n) is 10.9. The lowest BCUT2D eigenvalue weighted by molar-refractivity contribution is -0.385. The van der Waals surface area contributed by atoms with Crippen LogP contribution in [-0.4, -0.2) is 9.91 Å². The number of pyridine rings is 1. The molecule has 21 heavy (non-hydrogen) atoms. The molecule has 2 aromatic rings. The molecule has 0 saturated carbocycles. The van der Waals surface area contributed by atoms with E-state index in [2.05, 4.69) is 20.9 Å². The molecule has 1 heterocycles. The van der Waals surface area contributed by atoms with Crippen LogP contribution >= 0.6 is 15.9 Å². The summed E-state index contributed by atoms with van der Waals surface area (Å²) < 4.78 is 18.8. The van der Waals surface area contributed by atoms with Gasteiger partial charge < -0.3 is 10.5 Å². The van der Waals surface area contributed by atoms with Crippen LogP contribution in [0.5, 0.6) is 11.6 Å². The van der Waals surface area contributed by atoms with E-state index in [9.17, 15) is 14.5 Å². The largest absolute Gasteiger partial charge is 0.432 e. The van der Waals surface area contributed by atoms with Crippen LogP contribution in [0.3, 0.4) is 0 Å². The molecule has 110 valence electrons. The summed E-state index contributed by atoms with van der Waals surface area (Å²) in [6.07, 6.45) is 1.50. The van der Waals surface area contributed by atoms with Crippen LogP contribution in [0.1, 0.15) is 18.5 Å². The van der Waals surface area contributed by atoms with Crippen molar-refractivity contribution in [1.82, 2.24) is 4.98 Å². The Balaban J connectivity index is 2.34. The van der Waals surface area contributed by atoms with Crippen LogP contribution in [0.25, 0.3) is 0 Å². The number of aromatic nitrogens is 1.